The second kappa shape index (κ2) is 7.17. The zero-order chi connectivity index (χ0) is 14.4. The lowest BCUT2D eigenvalue weighted by molar-refractivity contribution is 0.260. The molecule has 2 aromatic rings. The molecule has 0 aliphatic heterocycles. The van der Waals surface area contributed by atoms with Crippen LogP contribution in [0.4, 0.5) is 0 Å². The average molecular weight is 274 g/mol. The lowest BCUT2D eigenvalue weighted by Gasteiger charge is -2.10. The van der Waals surface area contributed by atoms with Gasteiger partial charge in [0.1, 0.15) is 0 Å². The van der Waals surface area contributed by atoms with Gasteiger partial charge in [-0.3, -0.25) is 9.67 Å². The smallest absolute Gasteiger partial charge is 0.0969 e. The van der Waals surface area contributed by atoms with Crippen LogP contribution in [0.25, 0.3) is 11.3 Å². The molecule has 0 bridgehead atoms. The summed E-state index contributed by atoms with van der Waals surface area (Å²) < 4.78 is 1.84. The Morgan fingerprint density at radius 3 is 2.80 bits per heavy atom. The van der Waals surface area contributed by atoms with E-state index in [1.165, 1.54) is 5.56 Å². The van der Waals surface area contributed by atoms with E-state index in [1.807, 2.05) is 30.1 Å². The third-order valence-corrected chi connectivity index (χ3v) is 3.29. The van der Waals surface area contributed by atoms with Gasteiger partial charge in [0, 0.05) is 49.9 Å². The molecule has 2 rings (SSSR count). The van der Waals surface area contributed by atoms with Crippen LogP contribution < -0.4 is 5.32 Å². The minimum atomic E-state index is 0.248. The maximum atomic E-state index is 8.90. The van der Waals surface area contributed by atoms with E-state index >= 15 is 0 Å². The number of hydrogen-bond donors (Lipinski definition) is 2. The molecule has 0 aliphatic carbocycles. The van der Waals surface area contributed by atoms with Crippen molar-refractivity contribution in [2.75, 3.05) is 13.2 Å². The Kier molecular flexibility index (Phi) is 5.26. The first kappa shape index (κ1) is 14.7. The number of rotatable bonds is 7. The van der Waals surface area contributed by atoms with E-state index < -0.39 is 0 Å². The van der Waals surface area contributed by atoms with Crippen molar-refractivity contribution < 1.29 is 5.11 Å². The summed E-state index contributed by atoms with van der Waals surface area (Å²) in [5.41, 5.74) is 3.26. The molecular weight excluding hydrogens is 252 g/mol. The Balaban J connectivity index is 2.02. The van der Waals surface area contributed by atoms with Gasteiger partial charge in [0.25, 0.3) is 0 Å². The molecular formula is C15H22N4O. The molecule has 2 N–H and O–H groups in total. The first-order valence-electron chi connectivity index (χ1n) is 6.95. The number of hydrogen-bond acceptors (Lipinski definition) is 4. The SMILES string of the molecule is CC(CCO)CNCc1cn(C)nc1-c1ccncc1. The second-order valence-electron chi connectivity index (χ2n) is 5.16. The zero-order valence-corrected chi connectivity index (χ0v) is 12.1. The molecule has 0 amide bonds. The van der Waals surface area contributed by atoms with Crippen molar-refractivity contribution >= 4 is 0 Å². The number of aliphatic hydroxyl groups excluding tert-OH is 1. The molecule has 0 saturated carbocycles. The van der Waals surface area contributed by atoms with Gasteiger partial charge in [0.15, 0.2) is 0 Å². The van der Waals surface area contributed by atoms with Gasteiger partial charge in [-0.1, -0.05) is 6.92 Å². The summed E-state index contributed by atoms with van der Waals surface area (Å²) in [5, 5.41) is 16.9. The monoisotopic (exact) mass is 274 g/mol. The van der Waals surface area contributed by atoms with Gasteiger partial charge in [0.2, 0.25) is 0 Å². The van der Waals surface area contributed by atoms with E-state index in [9.17, 15) is 0 Å². The fraction of sp³-hybridized carbons (Fsp3) is 0.467. The third kappa shape index (κ3) is 3.88. The van der Waals surface area contributed by atoms with Crippen molar-refractivity contribution in [3.05, 3.63) is 36.3 Å². The molecule has 0 saturated heterocycles. The summed E-state index contributed by atoms with van der Waals surface area (Å²) in [6.45, 7) is 4.06. The van der Waals surface area contributed by atoms with Crippen molar-refractivity contribution in [2.45, 2.75) is 19.9 Å². The number of nitrogens with zero attached hydrogens (tertiary/aromatic N) is 3. The van der Waals surface area contributed by atoms with E-state index in [1.54, 1.807) is 12.4 Å². The standard InChI is InChI=1S/C15H22N4O/c1-12(5-8-20)9-17-10-14-11-19(2)18-15(14)13-3-6-16-7-4-13/h3-4,6-7,11-12,17,20H,5,8-10H2,1-2H3. The highest BCUT2D eigenvalue weighted by Crippen LogP contribution is 2.20. The van der Waals surface area contributed by atoms with Crippen molar-refractivity contribution in [2.24, 2.45) is 13.0 Å². The molecule has 5 heteroatoms. The maximum Gasteiger partial charge on any atom is 0.0969 e. The molecule has 2 heterocycles. The molecule has 0 spiro atoms. The molecule has 1 unspecified atom stereocenters. The van der Waals surface area contributed by atoms with Crippen molar-refractivity contribution in [1.29, 1.82) is 0 Å². The molecule has 108 valence electrons. The summed E-state index contributed by atoms with van der Waals surface area (Å²) in [7, 11) is 1.93. The van der Waals surface area contributed by atoms with Gasteiger partial charge in [0.05, 0.1) is 5.69 Å². The van der Waals surface area contributed by atoms with Crippen LogP contribution in [0.1, 0.15) is 18.9 Å². The quantitative estimate of drug-likeness (QED) is 0.805. The summed E-state index contributed by atoms with van der Waals surface area (Å²) in [4.78, 5) is 4.04. The number of pyridine rings is 1. The minimum Gasteiger partial charge on any atom is -0.396 e. The van der Waals surface area contributed by atoms with Gasteiger partial charge >= 0.3 is 0 Å². The summed E-state index contributed by atoms with van der Waals surface area (Å²) >= 11 is 0. The van der Waals surface area contributed by atoms with Crippen LogP contribution in [0.3, 0.4) is 0 Å². The van der Waals surface area contributed by atoms with Crippen molar-refractivity contribution in [1.82, 2.24) is 20.1 Å². The Bertz CT molecular complexity index is 524. The van der Waals surface area contributed by atoms with Crippen LogP contribution in [-0.4, -0.2) is 33.0 Å². The Labute approximate surface area is 119 Å². The zero-order valence-electron chi connectivity index (χ0n) is 12.1. The Hall–Kier alpha value is -1.72. The topological polar surface area (TPSA) is 63.0 Å². The Morgan fingerprint density at radius 1 is 1.35 bits per heavy atom. The molecule has 0 fully saturated rings. The number of nitrogens with one attached hydrogen (secondary N) is 1. The van der Waals surface area contributed by atoms with Crippen LogP contribution in [0.2, 0.25) is 0 Å². The minimum absolute atomic E-state index is 0.248. The fourth-order valence-corrected chi connectivity index (χ4v) is 2.20. The van der Waals surface area contributed by atoms with Crippen LogP contribution in [-0.2, 0) is 13.6 Å². The summed E-state index contributed by atoms with van der Waals surface area (Å²) in [6, 6.07) is 3.94. The highest BCUT2D eigenvalue weighted by Gasteiger charge is 2.10. The lowest BCUT2D eigenvalue weighted by atomic mass is 10.1. The largest absolute Gasteiger partial charge is 0.396 e. The number of aliphatic hydroxyl groups is 1. The van der Waals surface area contributed by atoms with Gasteiger partial charge in [-0.25, -0.2) is 0 Å². The summed E-state index contributed by atoms with van der Waals surface area (Å²) in [6.07, 6.45) is 6.44. The van der Waals surface area contributed by atoms with Crippen LogP contribution in [0.5, 0.6) is 0 Å². The normalized spacial score (nSPS) is 12.6. The predicted molar refractivity (Wildman–Crippen MR) is 79.0 cm³/mol. The number of aryl methyl sites for hydroxylation is 1. The van der Waals surface area contributed by atoms with E-state index in [2.05, 4.69) is 22.3 Å². The van der Waals surface area contributed by atoms with Gasteiger partial charge in [-0.2, -0.15) is 5.10 Å². The molecule has 0 aliphatic rings. The van der Waals surface area contributed by atoms with Gasteiger partial charge in [-0.15, -0.1) is 0 Å². The average Bonchev–Trinajstić information content (AvgIpc) is 2.81. The van der Waals surface area contributed by atoms with Crippen LogP contribution in [0, 0.1) is 5.92 Å². The first-order valence-corrected chi connectivity index (χ1v) is 6.95. The van der Waals surface area contributed by atoms with E-state index in [0.717, 1.165) is 30.8 Å². The van der Waals surface area contributed by atoms with E-state index in [4.69, 9.17) is 5.11 Å². The number of aromatic nitrogens is 3. The van der Waals surface area contributed by atoms with Gasteiger partial charge < -0.3 is 10.4 Å². The van der Waals surface area contributed by atoms with Crippen LogP contribution >= 0.6 is 0 Å². The van der Waals surface area contributed by atoms with Crippen molar-refractivity contribution in [3.63, 3.8) is 0 Å². The Morgan fingerprint density at radius 2 is 2.10 bits per heavy atom. The summed E-state index contributed by atoms with van der Waals surface area (Å²) in [5.74, 6) is 0.473. The molecule has 1 atom stereocenters. The van der Waals surface area contributed by atoms with Gasteiger partial charge in [-0.05, 0) is 31.0 Å². The molecule has 2 aromatic heterocycles. The highest BCUT2D eigenvalue weighted by atomic mass is 16.3. The molecule has 20 heavy (non-hydrogen) atoms. The first-order chi connectivity index (χ1) is 9.70. The molecule has 5 nitrogen and oxygen atoms in total. The third-order valence-electron chi connectivity index (χ3n) is 3.29. The lowest BCUT2D eigenvalue weighted by Crippen LogP contribution is -2.21. The predicted octanol–water partition coefficient (Wildman–Crippen LogP) is 1.59. The maximum absolute atomic E-state index is 8.90. The second-order valence-corrected chi connectivity index (χ2v) is 5.16. The van der Waals surface area contributed by atoms with E-state index in [0.29, 0.717) is 5.92 Å². The van der Waals surface area contributed by atoms with Crippen LogP contribution in [0.15, 0.2) is 30.7 Å². The molecule has 0 aromatic carbocycles. The van der Waals surface area contributed by atoms with E-state index in [-0.39, 0.29) is 6.61 Å². The highest BCUT2D eigenvalue weighted by molar-refractivity contribution is 5.61. The fourth-order valence-electron chi connectivity index (χ4n) is 2.20. The van der Waals surface area contributed by atoms with Crippen molar-refractivity contribution in [3.8, 4) is 11.3 Å². The molecule has 0 radical (unpaired) electrons.